The Morgan fingerprint density at radius 2 is 2.18 bits per heavy atom. The molecule has 1 unspecified atom stereocenters. The van der Waals surface area contributed by atoms with Gasteiger partial charge in [0.05, 0.1) is 0 Å². The number of hydrogen-bond donors (Lipinski definition) is 1. The summed E-state index contributed by atoms with van der Waals surface area (Å²) in [7, 11) is 0. The summed E-state index contributed by atoms with van der Waals surface area (Å²) in [4.78, 5) is 14.4. The van der Waals surface area contributed by atoms with Crippen LogP contribution in [0.5, 0.6) is 0 Å². The van der Waals surface area contributed by atoms with Crippen molar-refractivity contribution in [1.82, 2.24) is 4.90 Å². The monoisotopic (exact) mass is 366 g/mol. The maximum atomic E-state index is 11.9. The topological polar surface area (TPSA) is 41.6 Å². The number of fused-ring (bicyclic) bond motifs is 3. The van der Waals surface area contributed by atoms with Crippen molar-refractivity contribution in [3.8, 4) is 0 Å². The van der Waals surface area contributed by atoms with Crippen molar-refractivity contribution in [3.63, 3.8) is 0 Å². The lowest BCUT2D eigenvalue weighted by Crippen LogP contribution is -2.54. The third kappa shape index (κ3) is 3.63. The van der Waals surface area contributed by atoms with Gasteiger partial charge < -0.3 is 4.74 Å². The summed E-state index contributed by atoms with van der Waals surface area (Å²) in [6, 6.07) is 7.89. The Hall–Kier alpha value is -1.07. The van der Waals surface area contributed by atoms with Gasteiger partial charge in [-0.15, -0.1) is 0 Å². The normalized spacial score (nSPS) is 30.1. The lowest BCUT2D eigenvalue weighted by atomic mass is 9.75. The molecule has 0 spiro atoms. The summed E-state index contributed by atoms with van der Waals surface area (Å²) >= 11 is 3.37. The number of halogens is 1. The highest BCUT2D eigenvalue weighted by Gasteiger charge is 2.39. The van der Waals surface area contributed by atoms with Gasteiger partial charge in [0, 0.05) is 22.7 Å². The molecule has 0 radical (unpaired) electrons. The van der Waals surface area contributed by atoms with Gasteiger partial charge in [-0.2, -0.15) is 0 Å². The van der Waals surface area contributed by atoms with E-state index >= 15 is 0 Å². The molecule has 1 aromatic rings. The zero-order valence-electron chi connectivity index (χ0n) is 12.9. The van der Waals surface area contributed by atoms with Crippen molar-refractivity contribution in [2.45, 2.75) is 32.2 Å². The van der Waals surface area contributed by atoms with Gasteiger partial charge in [-0.25, -0.2) is 4.79 Å². The Morgan fingerprint density at radius 1 is 1.41 bits per heavy atom. The Bertz CT molecular complexity index is 520. The zero-order chi connectivity index (χ0) is 15.5. The van der Waals surface area contributed by atoms with E-state index in [-0.39, 0.29) is 6.09 Å². The van der Waals surface area contributed by atoms with E-state index in [9.17, 15) is 4.79 Å². The minimum absolute atomic E-state index is 0.364. The van der Waals surface area contributed by atoms with E-state index in [0.29, 0.717) is 12.6 Å². The molecular formula is C17H23BrN2O2. The molecule has 4 rings (SSSR count). The van der Waals surface area contributed by atoms with Gasteiger partial charge in [0.2, 0.25) is 0 Å². The van der Waals surface area contributed by atoms with Crippen LogP contribution in [0, 0.1) is 11.8 Å². The molecule has 22 heavy (non-hydrogen) atoms. The van der Waals surface area contributed by atoms with Crippen LogP contribution in [0.25, 0.3) is 0 Å². The number of nitrogens with zero attached hydrogens (tertiary/aromatic N) is 1. The van der Waals surface area contributed by atoms with Gasteiger partial charge in [0.25, 0.3) is 0 Å². The Labute approximate surface area is 140 Å². The number of benzene rings is 1. The molecule has 3 saturated heterocycles. The molecule has 1 aromatic carbocycles. The minimum atomic E-state index is -0.364. The van der Waals surface area contributed by atoms with E-state index < -0.39 is 0 Å². The van der Waals surface area contributed by atoms with Crippen LogP contribution < -0.4 is 5.32 Å². The van der Waals surface area contributed by atoms with Crippen LogP contribution in [0.1, 0.15) is 26.2 Å². The second-order valence-electron chi connectivity index (χ2n) is 6.33. The number of carbonyl (C=O) groups excluding carboxylic acids is 1. The van der Waals surface area contributed by atoms with E-state index in [0.717, 1.165) is 28.5 Å². The van der Waals surface area contributed by atoms with Crippen molar-refractivity contribution in [3.05, 3.63) is 28.7 Å². The molecule has 5 heteroatoms. The quantitative estimate of drug-likeness (QED) is 0.871. The molecule has 1 N–H and O–H groups in total. The average molecular weight is 367 g/mol. The summed E-state index contributed by atoms with van der Waals surface area (Å²) in [6.45, 7) is 5.10. The number of hydrogen-bond acceptors (Lipinski definition) is 3. The predicted octanol–water partition coefficient (Wildman–Crippen LogP) is 4.12. The van der Waals surface area contributed by atoms with Gasteiger partial charge in [-0.3, -0.25) is 10.2 Å². The second-order valence-corrected chi connectivity index (χ2v) is 7.25. The first-order valence-corrected chi connectivity index (χ1v) is 8.88. The van der Waals surface area contributed by atoms with Crippen LogP contribution >= 0.6 is 15.9 Å². The highest BCUT2D eigenvalue weighted by Crippen LogP contribution is 2.37. The van der Waals surface area contributed by atoms with Gasteiger partial charge in [-0.1, -0.05) is 29.3 Å². The number of piperidine rings is 3. The highest BCUT2D eigenvalue weighted by molar-refractivity contribution is 9.10. The first-order chi connectivity index (χ1) is 10.7. The molecule has 3 aliphatic rings. The molecule has 0 aliphatic carbocycles. The van der Waals surface area contributed by atoms with Gasteiger partial charge >= 0.3 is 6.09 Å². The Balaban J connectivity index is 1.47. The fraction of sp³-hybridized carbons (Fsp3) is 0.588. The summed E-state index contributed by atoms with van der Waals surface area (Å²) < 4.78 is 6.42. The summed E-state index contributed by atoms with van der Waals surface area (Å²) in [5.41, 5.74) is 0.754. The predicted molar refractivity (Wildman–Crippen MR) is 91.0 cm³/mol. The van der Waals surface area contributed by atoms with Crippen LogP contribution in [0.3, 0.4) is 0 Å². The zero-order valence-corrected chi connectivity index (χ0v) is 14.5. The molecule has 0 saturated carbocycles. The average Bonchev–Trinajstić information content (AvgIpc) is 2.55. The number of carbonyl (C=O) groups is 1. The first kappa shape index (κ1) is 15.8. The number of ether oxygens (including phenoxy) is 1. The van der Waals surface area contributed by atoms with Crippen molar-refractivity contribution in [1.29, 1.82) is 0 Å². The largest absolute Gasteiger partial charge is 0.448 e. The SMILES string of the molecule is CC[C@@H]1CN2CC[C@H]1C[C@@H]2COC(=O)Nc1ccc(Br)cc1. The van der Waals surface area contributed by atoms with E-state index in [4.69, 9.17) is 4.74 Å². The molecular weight excluding hydrogens is 344 g/mol. The smallest absolute Gasteiger partial charge is 0.411 e. The third-order valence-electron chi connectivity index (χ3n) is 5.04. The molecule has 3 fully saturated rings. The fourth-order valence-electron chi connectivity index (χ4n) is 3.74. The summed E-state index contributed by atoms with van der Waals surface area (Å²) in [6.07, 6.45) is 3.38. The number of amides is 1. The van der Waals surface area contributed by atoms with Crippen molar-refractivity contribution < 1.29 is 9.53 Å². The molecule has 3 heterocycles. The summed E-state index contributed by atoms with van der Waals surface area (Å²) in [5.74, 6) is 1.65. The molecule has 0 aromatic heterocycles. The molecule has 2 bridgehead atoms. The molecule has 4 nitrogen and oxygen atoms in total. The van der Waals surface area contributed by atoms with Crippen LogP contribution in [-0.2, 0) is 4.74 Å². The van der Waals surface area contributed by atoms with Crippen molar-refractivity contribution >= 4 is 27.7 Å². The van der Waals surface area contributed by atoms with E-state index in [1.165, 1.54) is 25.8 Å². The molecule has 1 amide bonds. The van der Waals surface area contributed by atoms with Gasteiger partial charge in [0.1, 0.15) is 6.61 Å². The van der Waals surface area contributed by atoms with Gasteiger partial charge in [0.15, 0.2) is 0 Å². The Morgan fingerprint density at radius 3 is 2.82 bits per heavy atom. The minimum Gasteiger partial charge on any atom is -0.448 e. The van der Waals surface area contributed by atoms with Crippen LogP contribution in [0.2, 0.25) is 0 Å². The van der Waals surface area contributed by atoms with Gasteiger partial charge in [-0.05, 0) is 55.5 Å². The van der Waals surface area contributed by atoms with Crippen LogP contribution in [0.15, 0.2) is 28.7 Å². The standard InChI is InChI=1S/C17H23BrN2O2/c1-2-12-10-20-8-7-13(12)9-16(20)11-22-17(21)19-15-5-3-14(18)4-6-15/h3-6,12-13,16H,2,7-11H2,1H3,(H,19,21)/t12-,13+,16-/m1/s1. The second kappa shape index (κ2) is 7.01. The van der Waals surface area contributed by atoms with E-state index in [1.807, 2.05) is 24.3 Å². The highest BCUT2D eigenvalue weighted by atomic mass is 79.9. The molecule has 120 valence electrons. The lowest BCUT2D eigenvalue weighted by molar-refractivity contribution is -0.0240. The fourth-order valence-corrected chi connectivity index (χ4v) is 4.01. The van der Waals surface area contributed by atoms with E-state index in [1.54, 1.807) is 0 Å². The maximum absolute atomic E-state index is 11.9. The van der Waals surface area contributed by atoms with Crippen LogP contribution in [0.4, 0.5) is 10.5 Å². The Kier molecular flexibility index (Phi) is 5.03. The lowest BCUT2D eigenvalue weighted by Gasteiger charge is -2.49. The van der Waals surface area contributed by atoms with Crippen molar-refractivity contribution in [2.75, 3.05) is 25.0 Å². The van der Waals surface area contributed by atoms with Crippen molar-refractivity contribution in [2.24, 2.45) is 11.8 Å². The van der Waals surface area contributed by atoms with Crippen LogP contribution in [-0.4, -0.2) is 36.7 Å². The first-order valence-electron chi connectivity index (χ1n) is 8.09. The molecule has 3 aliphatic heterocycles. The van der Waals surface area contributed by atoms with E-state index in [2.05, 4.69) is 33.1 Å². The number of rotatable bonds is 4. The maximum Gasteiger partial charge on any atom is 0.411 e. The third-order valence-corrected chi connectivity index (χ3v) is 5.56. The number of nitrogens with one attached hydrogen (secondary N) is 1. The number of anilines is 1. The summed E-state index contributed by atoms with van der Waals surface area (Å²) in [5, 5.41) is 2.77. The molecule has 4 atom stereocenters.